The molecule has 3 heterocycles. The molecule has 1 aliphatic carbocycles. The van der Waals surface area contributed by atoms with E-state index in [0.717, 1.165) is 43.4 Å². The number of nitrogens with two attached hydrogens (primary N) is 1. The highest BCUT2D eigenvalue weighted by atomic mass is 35.5. The average Bonchev–Trinajstić information content (AvgIpc) is 2.86. The van der Waals surface area contributed by atoms with E-state index in [0.29, 0.717) is 25.6 Å². The lowest BCUT2D eigenvalue weighted by atomic mass is 9.83. The first-order valence-corrected chi connectivity index (χ1v) is 9.31. The van der Waals surface area contributed by atoms with Crippen LogP contribution in [0.4, 0.5) is 0 Å². The number of ether oxygens (including phenoxy) is 1. The maximum Gasteiger partial charge on any atom is 0.349 e. The van der Waals surface area contributed by atoms with Crippen molar-refractivity contribution in [2.45, 2.75) is 63.0 Å². The zero-order chi connectivity index (χ0) is 17.6. The van der Waals surface area contributed by atoms with Crippen molar-refractivity contribution in [1.82, 2.24) is 4.90 Å². The molecule has 2 N–H and O–H groups in total. The van der Waals surface area contributed by atoms with Crippen molar-refractivity contribution in [3.05, 3.63) is 33.4 Å². The van der Waals surface area contributed by atoms with Crippen molar-refractivity contribution in [1.29, 1.82) is 0 Å². The van der Waals surface area contributed by atoms with Crippen molar-refractivity contribution in [3.63, 3.8) is 0 Å². The molecule has 0 bridgehead atoms. The summed E-state index contributed by atoms with van der Waals surface area (Å²) in [6.07, 6.45) is 5.70. The average molecular weight is 383 g/mol. The van der Waals surface area contributed by atoms with E-state index in [9.17, 15) is 9.59 Å². The maximum absolute atomic E-state index is 12.9. The minimum absolute atomic E-state index is 0. The Labute approximate surface area is 159 Å². The van der Waals surface area contributed by atoms with Crippen LogP contribution in [0, 0.1) is 6.92 Å². The number of hydrogen-bond donors (Lipinski definition) is 1. The molecule has 26 heavy (non-hydrogen) atoms. The van der Waals surface area contributed by atoms with Gasteiger partial charge >= 0.3 is 5.63 Å². The lowest BCUT2D eigenvalue weighted by Gasteiger charge is -2.38. The number of carbonyl (C=O) groups excluding carboxylic acids is 1. The number of nitrogens with zero attached hydrogens (tertiary/aromatic N) is 1. The summed E-state index contributed by atoms with van der Waals surface area (Å²) in [7, 11) is 0. The van der Waals surface area contributed by atoms with Gasteiger partial charge in [0.1, 0.15) is 11.3 Å². The van der Waals surface area contributed by atoms with Gasteiger partial charge in [-0.1, -0.05) is 6.42 Å². The van der Waals surface area contributed by atoms with Crippen LogP contribution in [-0.2, 0) is 4.74 Å². The Morgan fingerprint density at radius 3 is 2.50 bits per heavy atom. The molecule has 1 unspecified atom stereocenters. The van der Waals surface area contributed by atoms with Crippen LogP contribution in [0.25, 0.3) is 0 Å². The van der Waals surface area contributed by atoms with Gasteiger partial charge in [0.2, 0.25) is 0 Å². The van der Waals surface area contributed by atoms with Gasteiger partial charge in [0, 0.05) is 25.0 Å². The third kappa shape index (κ3) is 3.42. The van der Waals surface area contributed by atoms with Gasteiger partial charge in [-0.15, -0.1) is 12.4 Å². The molecule has 1 amide bonds. The number of halogens is 1. The largest absolute Gasteiger partial charge is 0.427 e. The van der Waals surface area contributed by atoms with Gasteiger partial charge in [-0.05, 0) is 50.7 Å². The lowest BCUT2D eigenvalue weighted by Crippen LogP contribution is -2.47. The van der Waals surface area contributed by atoms with Crippen molar-refractivity contribution >= 4 is 18.3 Å². The standard InChI is InChI=1S/C19H26N2O4.ClH/c1-12-9-15(13-3-2-4-13)25-18(23)16(12)17(22)21-7-5-19(6-8-21)10-14(20)11-24-19;/h9,13-14H,2-8,10-11,20H2,1H3;1H. The smallest absolute Gasteiger partial charge is 0.349 e. The second-order valence-corrected chi connectivity index (χ2v) is 7.87. The third-order valence-corrected chi connectivity index (χ3v) is 6.09. The highest BCUT2D eigenvalue weighted by Gasteiger charge is 2.42. The van der Waals surface area contributed by atoms with E-state index in [1.165, 1.54) is 6.42 Å². The molecule has 7 heteroatoms. The molecule has 3 fully saturated rings. The number of likely N-dealkylation sites (tertiary alicyclic amines) is 1. The van der Waals surface area contributed by atoms with E-state index in [1.807, 2.05) is 13.0 Å². The second-order valence-electron chi connectivity index (χ2n) is 7.87. The fourth-order valence-corrected chi connectivity index (χ4v) is 4.29. The van der Waals surface area contributed by atoms with Crippen molar-refractivity contribution in [2.24, 2.45) is 5.73 Å². The molecule has 6 nitrogen and oxygen atoms in total. The fraction of sp³-hybridized carbons (Fsp3) is 0.684. The molecule has 1 aromatic heterocycles. The van der Waals surface area contributed by atoms with Crippen LogP contribution in [0.3, 0.4) is 0 Å². The van der Waals surface area contributed by atoms with E-state index in [-0.39, 0.29) is 35.5 Å². The number of carbonyl (C=O) groups is 1. The minimum Gasteiger partial charge on any atom is -0.427 e. The molecule has 4 rings (SSSR count). The quantitative estimate of drug-likeness (QED) is 0.848. The summed E-state index contributed by atoms with van der Waals surface area (Å²) in [6, 6.07) is 1.97. The number of hydrogen-bond acceptors (Lipinski definition) is 5. The topological polar surface area (TPSA) is 85.8 Å². The van der Waals surface area contributed by atoms with Gasteiger partial charge in [-0.25, -0.2) is 4.79 Å². The zero-order valence-electron chi connectivity index (χ0n) is 15.2. The Bertz CT molecular complexity index is 736. The molecule has 0 aromatic carbocycles. The first-order chi connectivity index (χ1) is 12.0. The predicted molar refractivity (Wildman–Crippen MR) is 100.0 cm³/mol. The first-order valence-electron chi connectivity index (χ1n) is 9.31. The fourth-order valence-electron chi connectivity index (χ4n) is 4.29. The number of amides is 1. The Balaban J connectivity index is 0.00000196. The van der Waals surface area contributed by atoms with Crippen LogP contribution in [0.15, 0.2) is 15.3 Å². The van der Waals surface area contributed by atoms with Crippen LogP contribution in [0.2, 0.25) is 0 Å². The summed E-state index contributed by atoms with van der Waals surface area (Å²) in [5.74, 6) is 0.855. The molecule has 3 aliphatic rings. The third-order valence-electron chi connectivity index (χ3n) is 6.09. The summed E-state index contributed by atoms with van der Waals surface area (Å²) in [5.41, 5.74) is 6.20. The molecular weight excluding hydrogens is 356 g/mol. The van der Waals surface area contributed by atoms with E-state index >= 15 is 0 Å². The van der Waals surface area contributed by atoms with Gasteiger partial charge in [-0.2, -0.15) is 0 Å². The van der Waals surface area contributed by atoms with Crippen LogP contribution in [0.5, 0.6) is 0 Å². The second kappa shape index (κ2) is 7.33. The molecular formula is C19H27ClN2O4. The van der Waals surface area contributed by atoms with E-state index in [4.69, 9.17) is 14.9 Å². The Kier molecular flexibility index (Phi) is 5.47. The zero-order valence-corrected chi connectivity index (χ0v) is 16.0. The first kappa shape index (κ1) is 19.4. The Morgan fingerprint density at radius 1 is 1.31 bits per heavy atom. The molecule has 144 valence electrons. The molecule has 1 saturated carbocycles. The van der Waals surface area contributed by atoms with Crippen LogP contribution < -0.4 is 11.4 Å². The SMILES string of the molecule is Cc1cc(C2CCC2)oc(=O)c1C(=O)N1CCC2(CC1)CC(N)CO2.Cl. The van der Waals surface area contributed by atoms with Gasteiger partial charge in [0.25, 0.3) is 5.91 Å². The van der Waals surface area contributed by atoms with Crippen molar-refractivity contribution < 1.29 is 13.9 Å². The van der Waals surface area contributed by atoms with Crippen molar-refractivity contribution in [3.8, 4) is 0 Å². The van der Waals surface area contributed by atoms with Gasteiger partial charge < -0.3 is 19.8 Å². The highest BCUT2D eigenvalue weighted by molar-refractivity contribution is 5.95. The molecule has 1 atom stereocenters. The molecule has 2 saturated heterocycles. The Hall–Kier alpha value is -1.37. The molecule has 2 aliphatic heterocycles. The number of aryl methyl sites for hydroxylation is 1. The predicted octanol–water partition coefficient (Wildman–Crippen LogP) is 2.36. The van der Waals surface area contributed by atoms with E-state index in [1.54, 1.807) is 4.90 Å². The summed E-state index contributed by atoms with van der Waals surface area (Å²) < 4.78 is 11.4. The Morgan fingerprint density at radius 2 is 2.00 bits per heavy atom. The molecule has 0 radical (unpaired) electrons. The van der Waals surface area contributed by atoms with Gasteiger partial charge in [0.05, 0.1) is 12.2 Å². The van der Waals surface area contributed by atoms with Crippen molar-refractivity contribution in [2.75, 3.05) is 19.7 Å². The summed E-state index contributed by atoms with van der Waals surface area (Å²) in [6.45, 7) is 3.61. The van der Waals surface area contributed by atoms with Gasteiger partial charge in [-0.3, -0.25) is 4.79 Å². The maximum atomic E-state index is 12.9. The molecule has 1 spiro atoms. The van der Waals surface area contributed by atoms with E-state index in [2.05, 4.69) is 0 Å². The highest BCUT2D eigenvalue weighted by Crippen LogP contribution is 2.37. The van der Waals surface area contributed by atoms with Gasteiger partial charge in [0.15, 0.2) is 0 Å². The molecule has 1 aromatic rings. The summed E-state index contributed by atoms with van der Waals surface area (Å²) in [4.78, 5) is 27.1. The minimum atomic E-state index is -0.494. The van der Waals surface area contributed by atoms with Crippen LogP contribution >= 0.6 is 12.4 Å². The lowest BCUT2D eigenvalue weighted by molar-refractivity contribution is -0.0389. The number of piperidine rings is 1. The van der Waals surface area contributed by atoms with Crippen LogP contribution in [-0.4, -0.2) is 42.1 Å². The van der Waals surface area contributed by atoms with E-state index < -0.39 is 5.63 Å². The number of rotatable bonds is 2. The monoisotopic (exact) mass is 382 g/mol. The summed E-state index contributed by atoms with van der Waals surface area (Å²) in [5, 5.41) is 0. The van der Waals surface area contributed by atoms with Crippen LogP contribution in [0.1, 0.15) is 66.1 Å². The summed E-state index contributed by atoms with van der Waals surface area (Å²) >= 11 is 0. The normalized spacial score (nSPS) is 25.0.